The molecule has 0 spiro atoms. The number of carbonyl (C=O) groups excluding carboxylic acids is 2. The molecule has 0 saturated carbocycles. The van der Waals surface area contributed by atoms with E-state index in [0.717, 1.165) is 5.06 Å². The molecule has 0 radical (unpaired) electrons. The van der Waals surface area contributed by atoms with Gasteiger partial charge < -0.3 is 47.7 Å². The Morgan fingerprint density at radius 3 is 1.73 bits per heavy atom. The number of hydrogen-bond acceptors (Lipinski definition) is 18. The average molecular weight is 1160 g/mol. The predicted molar refractivity (Wildman–Crippen MR) is 290 cm³/mol. The monoisotopic (exact) mass is 1160 g/mol. The van der Waals surface area contributed by atoms with Gasteiger partial charge in [-0.25, -0.2) is 17.9 Å². The van der Waals surface area contributed by atoms with Gasteiger partial charge >= 0.3 is 5.97 Å². The summed E-state index contributed by atoms with van der Waals surface area (Å²) in [6, 6.07) is 9.85. The summed E-state index contributed by atoms with van der Waals surface area (Å²) in [6.45, 7) is 17.2. The Balaban J connectivity index is 0.850. The molecule has 0 bridgehead atoms. The standard InChI is InChI=1S/C56H77N3O19S2/c1-37-34-55(3,4)36-45-41(37)32-43-48(39-10-7-8-11-40(39)54(62)63)44-33-42-38(2)35-56(5,6)58-49(42)53(51(44)78-50(43)52(45)80(66,67)68)79(64,65)57-14-17-70-19-21-72-23-25-74-27-29-76-31-30-75-28-26-73-24-22-71-20-18-69-15-9-16-77-59-46(60)12-13-47(59)61/h7-8,10-11,32-33,37-38,57H,9,12-31,34-36H2,1-6H3,(H,62,63)(H,66,67,68). The number of benzene rings is 3. The maximum atomic E-state index is 14.9. The van der Waals surface area contributed by atoms with Gasteiger partial charge in [-0.05, 0) is 97.2 Å². The van der Waals surface area contributed by atoms with Gasteiger partial charge in [-0.1, -0.05) is 45.9 Å². The lowest BCUT2D eigenvalue weighted by Crippen LogP contribution is -2.41. The van der Waals surface area contributed by atoms with E-state index in [-0.39, 0.29) is 131 Å². The third-order valence-electron chi connectivity index (χ3n) is 13.9. The lowest BCUT2D eigenvalue weighted by atomic mass is 9.69. The maximum Gasteiger partial charge on any atom is 0.336 e. The van der Waals surface area contributed by atoms with Crippen molar-refractivity contribution < 1.29 is 88.3 Å². The number of carboxylic acid groups (broad SMARTS) is 1. The van der Waals surface area contributed by atoms with Gasteiger partial charge in [-0.15, -0.1) is 0 Å². The zero-order valence-electron chi connectivity index (χ0n) is 46.6. The Hall–Kier alpha value is -4.80. The van der Waals surface area contributed by atoms with Crippen molar-refractivity contribution >= 4 is 43.5 Å². The number of hydrogen-bond donors (Lipinski definition) is 3. The van der Waals surface area contributed by atoms with Crippen LogP contribution in [0.4, 0.5) is 0 Å². The molecule has 1 saturated heterocycles. The van der Waals surface area contributed by atoms with Gasteiger partial charge in [-0.2, -0.15) is 13.5 Å². The van der Waals surface area contributed by atoms with Crippen molar-refractivity contribution in [1.29, 1.82) is 0 Å². The summed E-state index contributed by atoms with van der Waals surface area (Å²) in [5.74, 6) is -2.78. The molecule has 442 valence electrons. The largest absolute Gasteiger partial charge is 0.478 e. The van der Waals surface area contributed by atoms with Gasteiger partial charge in [0.05, 0.1) is 122 Å². The minimum Gasteiger partial charge on any atom is -0.478 e. The van der Waals surface area contributed by atoms with Crippen molar-refractivity contribution in [2.24, 2.45) is 10.4 Å². The number of amides is 2. The van der Waals surface area contributed by atoms with Gasteiger partial charge in [0.2, 0.25) is 10.0 Å². The summed E-state index contributed by atoms with van der Waals surface area (Å²) in [5, 5.41) is 11.7. The van der Waals surface area contributed by atoms with Crippen LogP contribution < -0.4 is 20.0 Å². The van der Waals surface area contributed by atoms with Crippen LogP contribution in [0.3, 0.4) is 0 Å². The van der Waals surface area contributed by atoms with Crippen LogP contribution in [0.1, 0.15) is 124 Å². The SMILES string of the molecule is CC1CC(C)(C)Cc2c1cc1c(c2S(=O)(=O)O)Oc2c(S(=O)(=O)NCCOCCOCCOCCOCCOCCOCCOCCOCCCON3C(=O)CCC3=O)c3c(cc2=C1c1ccccc1C(=O)O)C(C)CC(C)(C)N=3. The molecule has 2 atom stereocenters. The summed E-state index contributed by atoms with van der Waals surface area (Å²) in [4.78, 5) is 45.2. The van der Waals surface area contributed by atoms with Crippen LogP contribution in [-0.4, -0.2) is 174 Å². The molecule has 22 nitrogen and oxygen atoms in total. The highest BCUT2D eigenvalue weighted by atomic mass is 32.2. The number of carboxylic acids is 1. The lowest BCUT2D eigenvalue weighted by Gasteiger charge is -2.38. The molecule has 1 fully saturated rings. The first kappa shape index (κ1) is 62.8. The van der Waals surface area contributed by atoms with E-state index < -0.39 is 36.5 Å². The Bertz CT molecular complexity index is 3020. The fraction of sp³-hybridized carbons (Fsp3) is 0.607. The zero-order valence-corrected chi connectivity index (χ0v) is 48.3. The highest BCUT2D eigenvalue weighted by molar-refractivity contribution is 7.89. The van der Waals surface area contributed by atoms with Crippen molar-refractivity contribution in [3.05, 3.63) is 80.4 Å². The van der Waals surface area contributed by atoms with Gasteiger partial charge in [0.15, 0.2) is 16.4 Å². The molecule has 2 unspecified atom stereocenters. The number of ether oxygens (including phenoxy) is 9. The number of rotatable bonds is 34. The number of aromatic carboxylic acids is 1. The van der Waals surface area contributed by atoms with Gasteiger partial charge in [0.25, 0.3) is 21.9 Å². The Labute approximate surface area is 468 Å². The van der Waals surface area contributed by atoms with E-state index in [2.05, 4.69) is 4.72 Å². The molecule has 24 heteroatoms. The second-order valence-corrected chi connectivity index (χ2v) is 24.6. The van der Waals surface area contributed by atoms with Crippen LogP contribution in [-0.2, 0) is 78.9 Å². The first-order valence-corrected chi connectivity index (χ1v) is 30.1. The Kier molecular flexibility index (Phi) is 22.3. The number of nitrogens with one attached hydrogen (secondary N) is 1. The molecular formula is C56H77N3O19S2. The normalized spacial score (nSPS) is 18.3. The Morgan fingerprint density at radius 2 is 1.19 bits per heavy atom. The van der Waals surface area contributed by atoms with Crippen LogP contribution in [0.15, 0.2) is 51.2 Å². The summed E-state index contributed by atoms with van der Waals surface area (Å²) in [5.41, 5.74) is 1.10. The smallest absolute Gasteiger partial charge is 0.336 e. The van der Waals surface area contributed by atoms with Crippen LogP contribution in [0.25, 0.3) is 5.57 Å². The second-order valence-electron chi connectivity index (χ2n) is 21.5. The summed E-state index contributed by atoms with van der Waals surface area (Å²) in [6.07, 6.45) is 2.48. The van der Waals surface area contributed by atoms with Gasteiger partial charge in [0, 0.05) is 42.3 Å². The van der Waals surface area contributed by atoms with E-state index in [0.29, 0.717) is 122 Å². The molecule has 2 amide bonds. The fourth-order valence-electron chi connectivity index (χ4n) is 10.7. The molecule has 3 aromatic carbocycles. The molecule has 1 aliphatic carbocycles. The first-order valence-electron chi connectivity index (χ1n) is 27.2. The van der Waals surface area contributed by atoms with E-state index in [4.69, 9.17) is 52.5 Å². The van der Waals surface area contributed by atoms with Crippen LogP contribution in [0.5, 0.6) is 11.5 Å². The maximum absolute atomic E-state index is 14.9. The molecule has 3 aliphatic heterocycles. The van der Waals surface area contributed by atoms with Gasteiger partial charge in [-0.3, -0.25) is 24.0 Å². The summed E-state index contributed by atoms with van der Waals surface area (Å²) < 4.78 is 122. The minimum atomic E-state index is -5.04. The van der Waals surface area contributed by atoms with Crippen molar-refractivity contribution in [3.63, 3.8) is 0 Å². The molecule has 3 N–H and O–H groups in total. The third kappa shape index (κ3) is 16.5. The number of sulfonamides is 1. The van der Waals surface area contributed by atoms with E-state index in [1.54, 1.807) is 30.3 Å². The minimum absolute atomic E-state index is 0.0352. The summed E-state index contributed by atoms with van der Waals surface area (Å²) in [7, 11) is -9.59. The molecule has 3 aromatic rings. The third-order valence-corrected chi connectivity index (χ3v) is 16.4. The van der Waals surface area contributed by atoms with Crippen LogP contribution in [0.2, 0.25) is 0 Å². The second kappa shape index (κ2) is 28.5. The molecule has 4 aliphatic rings. The average Bonchev–Trinajstić information content (AvgIpc) is 3.70. The molecule has 7 rings (SSSR count). The highest BCUT2D eigenvalue weighted by Gasteiger charge is 2.42. The van der Waals surface area contributed by atoms with Crippen molar-refractivity contribution in [2.45, 2.75) is 107 Å². The topological polar surface area (TPSA) is 280 Å². The van der Waals surface area contributed by atoms with Crippen molar-refractivity contribution in [2.75, 3.05) is 119 Å². The molecule has 0 aromatic heterocycles. The number of carbonyl (C=O) groups is 3. The van der Waals surface area contributed by atoms with Crippen molar-refractivity contribution in [1.82, 2.24) is 9.79 Å². The fourth-order valence-corrected chi connectivity index (χ4v) is 12.9. The zero-order chi connectivity index (χ0) is 57.7. The quantitative estimate of drug-likeness (QED) is 0.0320. The van der Waals surface area contributed by atoms with Crippen molar-refractivity contribution in [3.8, 4) is 11.5 Å². The number of nitrogens with zero attached hydrogens (tertiary/aromatic N) is 2. The number of imide groups is 1. The van der Waals surface area contributed by atoms with E-state index >= 15 is 0 Å². The molecular weight excluding hydrogens is 1080 g/mol. The Morgan fingerprint density at radius 1 is 0.675 bits per heavy atom. The number of fused-ring (bicyclic) bond motifs is 4. The van der Waals surface area contributed by atoms with Crippen LogP contribution >= 0.6 is 0 Å². The summed E-state index contributed by atoms with van der Waals surface area (Å²) >= 11 is 0. The number of hydroxylamine groups is 2. The van der Waals surface area contributed by atoms with E-state index in [9.17, 15) is 40.9 Å². The lowest BCUT2D eigenvalue weighted by molar-refractivity contribution is -0.188. The van der Waals surface area contributed by atoms with E-state index in [1.807, 2.05) is 41.5 Å². The predicted octanol–water partition coefficient (Wildman–Crippen LogP) is 4.85. The molecule has 3 heterocycles. The highest BCUT2D eigenvalue weighted by Crippen LogP contribution is 2.51. The molecule has 80 heavy (non-hydrogen) atoms. The van der Waals surface area contributed by atoms with E-state index in [1.165, 1.54) is 6.07 Å². The first-order chi connectivity index (χ1) is 38.1. The van der Waals surface area contributed by atoms with Gasteiger partial charge in [0.1, 0.15) is 4.90 Å². The van der Waals surface area contributed by atoms with Crippen LogP contribution in [0, 0.1) is 5.41 Å².